The van der Waals surface area contributed by atoms with Crippen LogP contribution >= 0.6 is 0 Å². The van der Waals surface area contributed by atoms with Gasteiger partial charge in [0.15, 0.2) is 0 Å². The number of rotatable bonds is 5. The molecule has 0 unspecified atom stereocenters. The molecule has 0 aliphatic rings. The second-order valence-corrected chi connectivity index (χ2v) is 6.30. The molecule has 2 aromatic carbocycles. The van der Waals surface area contributed by atoms with E-state index in [0.717, 1.165) is 23.2 Å². The van der Waals surface area contributed by atoms with Crippen molar-refractivity contribution in [2.75, 3.05) is 5.32 Å². The van der Waals surface area contributed by atoms with Crippen LogP contribution in [0.15, 0.2) is 47.3 Å². The summed E-state index contributed by atoms with van der Waals surface area (Å²) in [6.45, 7) is 5.91. The molecule has 0 atom stereocenters. The van der Waals surface area contributed by atoms with E-state index >= 15 is 0 Å². The van der Waals surface area contributed by atoms with Crippen molar-refractivity contribution in [2.45, 2.75) is 40.2 Å². The van der Waals surface area contributed by atoms with Crippen LogP contribution in [-0.2, 0) is 24.2 Å². The summed E-state index contributed by atoms with van der Waals surface area (Å²) in [6, 6.07) is 13.2. The van der Waals surface area contributed by atoms with Crippen LogP contribution in [-0.4, -0.2) is 15.5 Å². The lowest BCUT2D eigenvalue weighted by atomic mass is 10.1. The van der Waals surface area contributed by atoms with Crippen LogP contribution in [0.4, 0.5) is 5.69 Å². The second-order valence-electron chi connectivity index (χ2n) is 6.30. The van der Waals surface area contributed by atoms with Gasteiger partial charge in [0.25, 0.3) is 5.56 Å². The number of carbonyl (C=O) groups excluding carboxylic acids is 1. The highest BCUT2D eigenvalue weighted by atomic mass is 16.2. The predicted octanol–water partition coefficient (Wildman–Crippen LogP) is 3.47. The SMILES string of the molecule is CCc1cccc(C)c1NC(=O)Cn1c(CC)nc2ccccc2c1=O. The number of fused-ring (bicyclic) bond motifs is 1. The molecule has 0 aliphatic carbocycles. The van der Waals surface area contributed by atoms with E-state index in [9.17, 15) is 9.59 Å². The summed E-state index contributed by atoms with van der Waals surface area (Å²) in [6.07, 6.45) is 1.41. The van der Waals surface area contributed by atoms with Crippen LogP contribution in [0.3, 0.4) is 0 Å². The molecule has 0 saturated carbocycles. The van der Waals surface area contributed by atoms with Gasteiger partial charge in [0.2, 0.25) is 5.91 Å². The third kappa shape index (κ3) is 3.38. The molecule has 0 fully saturated rings. The Balaban J connectivity index is 1.95. The Morgan fingerprint density at radius 1 is 1.08 bits per heavy atom. The highest BCUT2D eigenvalue weighted by molar-refractivity contribution is 5.92. The number of carbonyl (C=O) groups is 1. The quantitative estimate of drug-likeness (QED) is 0.767. The van der Waals surface area contributed by atoms with E-state index in [0.29, 0.717) is 23.1 Å². The first-order chi connectivity index (χ1) is 12.5. The van der Waals surface area contributed by atoms with Crippen molar-refractivity contribution in [3.8, 4) is 0 Å². The molecule has 0 radical (unpaired) electrons. The van der Waals surface area contributed by atoms with Gasteiger partial charge in [-0.2, -0.15) is 0 Å². The Morgan fingerprint density at radius 2 is 1.85 bits per heavy atom. The molecule has 0 aliphatic heterocycles. The van der Waals surface area contributed by atoms with E-state index < -0.39 is 0 Å². The standard InChI is InChI=1S/C21H23N3O2/c1-4-15-10-8-9-14(3)20(15)23-19(25)13-24-18(5-2)22-17-12-7-6-11-16(17)21(24)26/h6-12H,4-5,13H2,1-3H3,(H,23,25). The number of nitrogens with zero attached hydrogens (tertiary/aromatic N) is 2. The van der Waals surface area contributed by atoms with Crippen LogP contribution in [0.2, 0.25) is 0 Å². The van der Waals surface area contributed by atoms with Crippen LogP contribution in [0, 0.1) is 6.92 Å². The van der Waals surface area contributed by atoms with Crippen LogP contribution in [0.25, 0.3) is 10.9 Å². The summed E-state index contributed by atoms with van der Waals surface area (Å²) >= 11 is 0. The van der Waals surface area contributed by atoms with Gasteiger partial charge in [-0.05, 0) is 36.6 Å². The predicted molar refractivity (Wildman–Crippen MR) is 105 cm³/mol. The van der Waals surface area contributed by atoms with Crippen molar-refractivity contribution in [2.24, 2.45) is 0 Å². The molecule has 0 saturated heterocycles. The maximum Gasteiger partial charge on any atom is 0.261 e. The number of benzene rings is 2. The van der Waals surface area contributed by atoms with Gasteiger partial charge in [0.1, 0.15) is 12.4 Å². The van der Waals surface area contributed by atoms with E-state index in [1.165, 1.54) is 4.57 Å². The second kappa shape index (κ2) is 7.52. The molecule has 1 heterocycles. The minimum absolute atomic E-state index is 0.0443. The fourth-order valence-corrected chi connectivity index (χ4v) is 3.17. The van der Waals surface area contributed by atoms with Gasteiger partial charge < -0.3 is 5.32 Å². The Kier molecular flexibility index (Phi) is 5.16. The number of anilines is 1. The normalized spacial score (nSPS) is 10.9. The first-order valence-electron chi connectivity index (χ1n) is 8.92. The van der Waals surface area contributed by atoms with Crippen molar-refractivity contribution in [1.29, 1.82) is 0 Å². The van der Waals surface area contributed by atoms with Crippen LogP contribution < -0.4 is 10.9 Å². The zero-order valence-electron chi connectivity index (χ0n) is 15.4. The minimum Gasteiger partial charge on any atom is -0.324 e. The Labute approximate surface area is 152 Å². The third-order valence-electron chi connectivity index (χ3n) is 4.56. The average Bonchev–Trinajstić information content (AvgIpc) is 2.65. The summed E-state index contributed by atoms with van der Waals surface area (Å²) in [7, 11) is 0. The van der Waals surface area contributed by atoms with Gasteiger partial charge in [-0.25, -0.2) is 4.98 Å². The van der Waals surface area contributed by atoms with Gasteiger partial charge in [-0.1, -0.05) is 44.2 Å². The summed E-state index contributed by atoms with van der Waals surface area (Å²) in [5, 5.41) is 3.51. The smallest absolute Gasteiger partial charge is 0.261 e. The molecule has 5 heteroatoms. The van der Waals surface area contributed by atoms with Gasteiger partial charge in [0.05, 0.1) is 10.9 Å². The summed E-state index contributed by atoms with van der Waals surface area (Å²) in [4.78, 5) is 30.0. The van der Waals surface area contributed by atoms with Crippen LogP contribution in [0.5, 0.6) is 0 Å². The molecule has 1 aromatic heterocycles. The lowest BCUT2D eigenvalue weighted by Gasteiger charge is -2.15. The molecule has 1 N–H and O–H groups in total. The van der Waals surface area contributed by atoms with Crippen molar-refractivity contribution < 1.29 is 4.79 Å². The summed E-state index contributed by atoms with van der Waals surface area (Å²) < 4.78 is 1.47. The first-order valence-corrected chi connectivity index (χ1v) is 8.92. The lowest BCUT2D eigenvalue weighted by Crippen LogP contribution is -2.31. The zero-order chi connectivity index (χ0) is 18.7. The van der Waals surface area contributed by atoms with Crippen LogP contribution in [0.1, 0.15) is 30.8 Å². The molecule has 5 nitrogen and oxygen atoms in total. The van der Waals surface area contributed by atoms with Crippen molar-refractivity contribution in [3.05, 3.63) is 69.8 Å². The first kappa shape index (κ1) is 17.9. The number of hydrogen-bond donors (Lipinski definition) is 1. The maximum absolute atomic E-state index is 12.8. The summed E-state index contributed by atoms with van der Waals surface area (Å²) in [5.74, 6) is 0.396. The Morgan fingerprint density at radius 3 is 2.58 bits per heavy atom. The van der Waals surface area contributed by atoms with E-state index in [1.807, 2.05) is 50.2 Å². The van der Waals surface area contributed by atoms with E-state index in [-0.39, 0.29) is 18.0 Å². The zero-order valence-corrected chi connectivity index (χ0v) is 15.4. The summed E-state index contributed by atoms with van der Waals surface area (Å²) in [5.41, 5.74) is 3.41. The highest BCUT2D eigenvalue weighted by Crippen LogP contribution is 2.21. The van der Waals surface area contributed by atoms with Crippen molar-refractivity contribution >= 4 is 22.5 Å². The fourth-order valence-electron chi connectivity index (χ4n) is 3.17. The number of para-hydroxylation sites is 2. The van der Waals surface area contributed by atoms with Gasteiger partial charge in [0, 0.05) is 12.1 Å². The molecule has 1 amide bonds. The fraction of sp³-hybridized carbons (Fsp3) is 0.286. The van der Waals surface area contributed by atoms with Crippen molar-refractivity contribution in [1.82, 2.24) is 9.55 Å². The number of aryl methyl sites for hydroxylation is 3. The Hall–Kier alpha value is -2.95. The molecule has 134 valence electrons. The van der Waals surface area contributed by atoms with Gasteiger partial charge in [-0.3, -0.25) is 14.2 Å². The molecule has 26 heavy (non-hydrogen) atoms. The molecule has 0 bridgehead atoms. The van der Waals surface area contributed by atoms with Crippen molar-refractivity contribution in [3.63, 3.8) is 0 Å². The number of aromatic nitrogens is 2. The largest absolute Gasteiger partial charge is 0.324 e. The maximum atomic E-state index is 12.8. The monoisotopic (exact) mass is 349 g/mol. The van der Waals surface area contributed by atoms with Gasteiger partial charge in [-0.15, -0.1) is 0 Å². The average molecular weight is 349 g/mol. The molecule has 3 aromatic rings. The minimum atomic E-state index is -0.220. The van der Waals surface area contributed by atoms with E-state index in [1.54, 1.807) is 6.07 Å². The Bertz CT molecular complexity index is 1020. The number of nitrogens with one attached hydrogen (secondary N) is 1. The topological polar surface area (TPSA) is 64.0 Å². The molecule has 0 spiro atoms. The number of hydrogen-bond acceptors (Lipinski definition) is 3. The molecular weight excluding hydrogens is 326 g/mol. The van der Waals surface area contributed by atoms with E-state index in [2.05, 4.69) is 17.2 Å². The molecular formula is C21H23N3O2. The van der Waals surface area contributed by atoms with E-state index in [4.69, 9.17) is 0 Å². The van der Waals surface area contributed by atoms with Gasteiger partial charge >= 0.3 is 0 Å². The lowest BCUT2D eigenvalue weighted by molar-refractivity contribution is -0.116. The number of amides is 1. The molecule has 3 rings (SSSR count). The highest BCUT2D eigenvalue weighted by Gasteiger charge is 2.14. The third-order valence-corrected chi connectivity index (χ3v) is 4.56.